The van der Waals surface area contributed by atoms with Gasteiger partial charge in [-0.1, -0.05) is 23.2 Å². The number of halogens is 4. The first kappa shape index (κ1) is 16.4. The second-order valence-corrected chi connectivity index (χ2v) is 5.17. The van der Waals surface area contributed by atoms with E-state index >= 15 is 0 Å². The molecule has 6 nitrogen and oxygen atoms in total. The largest absolute Gasteiger partial charge is 0.355 e. The average Bonchev–Trinajstić information content (AvgIpc) is 2.67. The van der Waals surface area contributed by atoms with Crippen LogP contribution in [0.3, 0.4) is 0 Å². The van der Waals surface area contributed by atoms with E-state index in [0.29, 0.717) is 0 Å². The highest BCUT2D eigenvalue weighted by Gasteiger charge is 2.20. The van der Waals surface area contributed by atoms with Crippen LogP contribution in [0.15, 0.2) is 16.9 Å². The molecule has 1 amide bonds. The molecule has 0 spiro atoms. The quantitative estimate of drug-likeness (QED) is 0.924. The molecule has 10 heteroatoms. The molecule has 0 bridgehead atoms. The molecule has 118 valence electrons. The SMILES string of the molecule is CC(=O)Nc1cc(-n2nc(C)n(C(F)F)c2=O)c(Cl)cc1Cl. The fourth-order valence-electron chi connectivity index (χ4n) is 1.84. The fraction of sp³-hybridized carbons (Fsp3) is 0.250. The molecule has 0 aliphatic carbocycles. The lowest BCUT2D eigenvalue weighted by atomic mass is 10.2. The van der Waals surface area contributed by atoms with E-state index in [1.807, 2.05) is 0 Å². The Labute approximate surface area is 133 Å². The van der Waals surface area contributed by atoms with Crippen LogP contribution in [0.2, 0.25) is 10.0 Å². The zero-order valence-corrected chi connectivity index (χ0v) is 12.9. The first-order chi connectivity index (χ1) is 10.2. The van der Waals surface area contributed by atoms with Crippen LogP contribution in [0, 0.1) is 6.92 Å². The van der Waals surface area contributed by atoms with E-state index in [2.05, 4.69) is 10.4 Å². The molecular weight excluding hydrogens is 341 g/mol. The van der Waals surface area contributed by atoms with Gasteiger partial charge in [0.05, 0.1) is 21.4 Å². The fourth-order valence-corrected chi connectivity index (χ4v) is 2.35. The van der Waals surface area contributed by atoms with Crippen molar-refractivity contribution >= 4 is 34.8 Å². The number of aromatic nitrogens is 3. The van der Waals surface area contributed by atoms with Crippen molar-refractivity contribution in [1.82, 2.24) is 14.3 Å². The van der Waals surface area contributed by atoms with Gasteiger partial charge in [0.25, 0.3) is 0 Å². The maximum absolute atomic E-state index is 12.8. The summed E-state index contributed by atoms with van der Waals surface area (Å²) in [7, 11) is 0. The molecule has 0 aliphatic heterocycles. The minimum Gasteiger partial charge on any atom is -0.325 e. The van der Waals surface area contributed by atoms with Crippen molar-refractivity contribution in [2.45, 2.75) is 20.4 Å². The molecular formula is C12H10Cl2F2N4O2. The van der Waals surface area contributed by atoms with Crippen molar-refractivity contribution in [3.8, 4) is 5.69 Å². The third kappa shape index (κ3) is 2.97. The minimum atomic E-state index is -3.03. The maximum Gasteiger partial charge on any atom is 0.355 e. The normalized spacial score (nSPS) is 11.0. The van der Waals surface area contributed by atoms with Gasteiger partial charge >= 0.3 is 12.2 Å². The van der Waals surface area contributed by atoms with E-state index in [1.54, 1.807) is 0 Å². The Morgan fingerprint density at radius 1 is 1.32 bits per heavy atom. The van der Waals surface area contributed by atoms with Crippen molar-refractivity contribution in [3.63, 3.8) is 0 Å². The van der Waals surface area contributed by atoms with Gasteiger partial charge in [0, 0.05) is 6.92 Å². The number of hydrogen-bond donors (Lipinski definition) is 1. The van der Waals surface area contributed by atoms with Gasteiger partial charge in [-0.05, 0) is 19.1 Å². The van der Waals surface area contributed by atoms with Gasteiger partial charge in [-0.2, -0.15) is 13.5 Å². The van der Waals surface area contributed by atoms with Gasteiger partial charge in [-0.3, -0.25) is 4.79 Å². The van der Waals surface area contributed by atoms with Gasteiger partial charge in [0.15, 0.2) is 0 Å². The third-order valence-electron chi connectivity index (χ3n) is 2.75. The number of anilines is 1. The van der Waals surface area contributed by atoms with Crippen LogP contribution in [-0.4, -0.2) is 20.3 Å². The average molecular weight is 351 g/mol. The predicted octanol–water partition coefficient (Wildman–Crippen LogP) is 3.00. The Balaban J connectivity index is 2.65. The molecule has 0 atom stereocenters. The van der Waals surface area contributed by atoms with Crippen LogP contribution < -0.4 is 11.0 Å². The molecule has 0 aliphatic rings. The molecule has 0 saturated heterocycles. The summed E-state index contributed by atoms with van der Waals surface area (Å²) in [6.45, 7) is -0.489. The molecule has 22 heavy (non-hydrogen) atoms. The number of carbonyl (C=O) groups is 1. The van der Waals surface area contributed by atoms with E-state index in [9.17, 15) is 18.4 Å². The number of nitrogens with one attached hydrogen (secondary N) is 1. The minimum absolute atomic E-state index is 0.0279. The summed E-state index contributed by atoms with van der Waals surface area (Å²) in [5, 5.41) is 6.37. The molecule has 0 unspecified atom stereocenters. The van der Waals surface area contributed by atoms with Crippen molar-refractivity contribution in [3.05, 3.63) is 38.5 Å². The summed E-state index contributed by atoms with van der Waals surface area (Å²) in [6.07, 6.45) is 0. The molecule has 1 N–H and O–H groups in total. The number of hydrogen-bond acceptors (Lipinski definition) is 3. The van der Waals surface area contributed by atoms with E-state index in [4.69, 9.17) is 23.2 Å². The second-order valence-electron chi connectivity index (χ2n) is 4.35. The third-order valence-corrected chi connectivity index (χ3v) is 3.37. The standard InChI is InChI=1S/C12H10Cl2F2N4O2/c1-5-18-20(12(22)19(5)11(15)16)10-4-9(17-6(2)21)7(13)3-8(10)14/h3-4,11H,1-2H3,(H,17,21). The van der Waals surface area contributed by atoms with Crippen molar-refractivity contribution in [2.75, 3.05) is 5.32 Å². The Bertz CT molecular complexity index is 801. The van der Waals surface area contributed by atoms with Crippen LogP contribution in [0.1, 0.15) is 19.3 Å². The summed E-state index contributed by atoms with van der Waals surface area (Å²) in [5.74, 6) is -0.566. The van der Waals surface area contributed by atoms with Crippen LogP contribution in [0.4, 0.5) is 14.5 Å². The van der Waals surface area contributed by atoms with Gasteiger partial charge in [-0.25, -0.2) is 9.36 Å². The molecule has 0 saturated carbocycles. The smallest absolute Gasteiger partial charge is 0.325 e. The van der Waals surface area contributed by atoms with E-state index in [0.717, 1.165) is 4.68 Å². The molecule has 1 aromatic carbocycles. The Morgan fingerprint density at radius 3 is 2.45 bits per heavy atom. The van der Waals surface area contributed by atoms with E-state index in [-0.39, 0.29) is 31.8 Å². The van der Waals surface area contributed by atoms with Crippen molar-refractivity contribution in [1.29, 1.82) is 0 Å². The van der Waals surface area contributed by atoms with Gasteiger partial charge in [0.2, 0.25) is 5.91 Å². The first-order valence-electron chi connectivity index (χ1n) is 5.95. The maximum atomic E-state index is 12.8. The number of benzene rings is 1. The van der Waals surface area contributed by atoms with Crippen LogP contribution in [0.5, 0.6) is 0 Å². The molecule has 1 heterocycles. The topological polar surface area (TPSA) is 68.9 Å². The highest BCUT2D eigenvalue weighted by Crippen LogP contribution is 2.31. The Kier molecular flexibility index (Phi) is 4.52. The van der Waals surface area contributed by atoms with Crippen molar-refractivity contribution in [2.24, 2.45) is 0 Å². The van der Waals surface area contributed by atoms with Crippen LogP contribution in [0.25, 0.3) is 5.69 Å². The summed E-state index contributed by atoms with van der Waals surface area (Å²) >= 11 is 11.9. The molecule has 1 aromatic heterocycles. The number of carbonyl (C=O) groups excluding carboxylic acids is 1. The van der Waals surface area contributed by atoms with Gasteiger partial charge in [0.1, 0.15) is 5.82 Å². The van der Waals surface area contributed by atoms with Crippen LogP contribution >= 0.6 is 23.2 Å². The monoisotopic (exact) mass is 350 g/mol. The lowest BCUT2D eigenvalue weighted by Gasteiger charge is -2.09. The van der Waals surface area contributed by atoms with E-state index < -0.39 is 18.1 Å². The predicted molar refractivity (Wildman–Crippen MR) is 78.1 cm³/mol. The Hall–Kier alpha value is -1.93. The first-order valence-corrected chi connectivity index (χ1v) is 6.71. The molecule has 2 rings (SSSR count). The lowest BCUT2D eigenvalue weighted by molar-refractivity contribution is -0.114. The number of nitrogens with zero attached hydrogens (tertiary/aromatic N) is 3. The van der Waals surface area contributed by atoms with Crippen LogP contribution in [-0.2, 0) is 4.79 Å². The highest BCUT2D eigenvalue weighted by molar-refractivity contribution is 6.37. The second kappa shape index (κ2) is 6.05. The van der Waals surface area contributed by atoms with Crippen molar-refractivity contribution < 1.29 is 13.6 Å². The number of rotatable bonds is 3. The molecule has 2 aromatic rings. The number of amides is 1. The zero-order chi connectivity index (χ0) is 16.6. The van der Waals surface area contributed by atoms with E-state index in [1.165, 1.54) is 26.0 Å². The Morgan fingerprint density at radius 2 is 1.95 bits per heavy atom. The summed E-state index contributed by atoms with van der Waals surface area (Å²) in [4.78, 5) is 23.1. The van der Waals surface area contributed by atoms with Gasteiger partial charge in [-0.15, -0.1) is 5.10 Å². The van der Waals surface area contributed by atoms with Gasteiger partial charge < -0.3 is 5.32 Å². The summed E-state index contributed by atoms with van der Waals surface area (Å²) in [6, 6.07) is 2.57. The lowest BCUT2D eigenvalue weighted by Crippen LogP contribution is -2.25. The number of alkyl halides is 2. The summed E-state index contributed by atoms with van der Waals surface area (Å²) in [5.41, 5.74) is -0.836. The number of aryl methyl sites for hydroxylation is 1. The zero-order valence-electron chi connectivity index (χ0n) is 11.4. The molecule has 0 fully saturated rings. The summed E-state index contributed by atoms with van der Waals surface area (Å²) < 4.78 is 26.6. The highest BCUT2D eigenvalue weighted by atomic mass is 35.5. The molecule has 0 radical (unpaired) electrons.